The summed E-state index contributed by atoms with van der Waals surface area (Å²) in [6, 6.07) is 5.08. The highest BCUT2D eigenvalue weighted by Crippen LogP contribution is 2.22. The maximum absolute atomic E-state index is 11.8. The van der Waals surface area contributed by atoms with Gasteiger partial charge in [0.05, 0.1) is 22.6 Å². The second kappa shape index (κ2) is 8.53. The van der Waals surface area contributed by atoms with Crippen LogP contribution in [0.4, 0.5) is 0 Å². The highest BCUT2D eigenvalue weighted by atomic mass is 35.5. The Hall–Kier alpha value is -1.08. The molecular formula is C14H17Cl2N3O2S. The van der Waals surface area contributed by atoms with Crippen LogP contribution in [0.5, 0.6) is 0 Å². The standard InChI is InChI=1S/C14H17Cl2N3O2S/c15-11-4-3-9(6-12(11)16)7-13(20)18-19-14(22)17-8-10-2-1-5-21-10/h3-4,6,10H,1-2,5,7-8H2,(H,18,20)(H2,17,19,22)/t10-/m0/s1. The van der Waals surface area contributed by atoms with Gasteiger partial charge in [0.2, 0.25) is 5.91 Å². The Bertz CT molecular complexity index is 551. The number of ether oxygens (including phenoxy) is 1. The largest absolute Gasteiger partial charge is 0.376 e. The molecule has 0 spiro atoms. The lowest BCUT2D eigenvalue weighted by Crippen LogP contribution is -2.48. The minimum atomic E-state index is -0.223. The molecule has 0 aliphatic carbocycles. The number of carbonyl (C=O) groups is 1. The molecule has 120 valence electrons. The van der Waals surface area contributed by atoms with Crippen LogP contribution < -0.4 is 16.2 Å². The highest BCUT2D eigenvalue weighted by Gasteiger charge is 2.15. The molecule has 2 rings (SSSR count). The van der Waals surface area contributed by atoms with E-state index in [1.54, 1.807) is 18.2 Å². The molecule has 22 heavy (non-hydrogen) atoms. The number of nitrogens with one attached hydrogen (secondary N) is 3. The maximum atomic E-state index is 11.8. The topological polar surface area (TPSA) is 62.4 Å². The Labute approximate surface area is 144 Å². The van der Waals surface area contributed by atoms with Crippen LogP contribution in [-0.4, -0.2) is 30.3 Å². The second-order valence-corrected chi connectivity index (χ2v) is 6.17. The van der Waals surface area contributed by atoms with Crippen LogP contribution >= 0.6 is 35.4 Å². The zero-order valence-electron chi connectivity index (χ0n) is 11.8. The zero-order chi connectivity index (χ0) is 15.9. The maximum Gasteiger partial charge on any atom is 0.242 e. The van der Waals surface area contributed by atoms with E-state index in [-0.39, 0.29) is 18.4 Å². The van der Waals surface area contributed by atoms with Gasteiger partial charge >= 0.3 is 0 Å². The summed E-state index contributed by atoms with van der Waals surface area (Å²) in [6.07, 6.45) is 2.47. The summed E-state index contributed by atoms with van der Waals surface area (Å²) in [5.74, 6) is -0.223. The van der Waals surface area contributed by atoms with E-state index >= 15 is 0 Å². The second-order valence-electron chi connectivity index (χ2n) is 4.94. The van der Waals surface area contributed by atoms with Crippen LogP contribution in [0.2, 0.25) is 10.0 Å². The van der Waals surface area contributed by atoms with Gasteiger partial charge in [0.25, 0.3) is 0 Å². The van der Waals surface area contributed by atoms with Crippen LogP contribution in [0.1, 0.15) is 18.4 Å². The first-order valence-corrected chi connectivity index (χ1v) is 8.09. The molecule has 1 aliphatic rings. The molecule has 0 radical (unpaired) electrons. The molecule has 1 saturated heterocycles. The average molecular weight is 362 g/mol. The minimum Gasteiger partial charge on any atom is -0.376 e. The minimum absolute atomic E-state index is 0.179. The Morgan fingerprint density at radius 2 is 2.14 bits per heavy atom. The molecule has 3 N–H and O–H groups in total. The number of halogens is 2. The van der Waals surface area contributed by atoms with E-state index in [2.05, 4.69) is 16.2 Å². The lowest BCUT2D eigenvalue weighted by molar-refractivity contribution is -0.121. The number of amides is 1. The SMILES string of the molecule is O=C(Cc1ccc(Cl)c(Cl)c1)NNC(=S)NC[C@@H]1CCCO1. The van der Waals surface area contributed by atoms with Gasteiger partial charge in [-0.1, -0.05) is 29.3 Å². The molecule has 5 nitrogen and oxygen atoms in total. The van der Waals surface area contributed by atoms with Crippen molar-refractivity contribution in [2.45, 2.75) is 25.4 Å². The van der Waals surface area contributed by atoms with Gasteiger partial charge in [0.15, 0.2) is 5.11 Å². The van der Waals surface area contributed by atoms with Crippen LogP contribution in [0.15, 0.2) is 18.2 Å². The summed E-state index contributed by atoms with van der Waals surface area (Å²) in [5.41, 5.74) is 5.96. The fourth-order valence-corrected chi connectivity index (χ4v) is 2.52. The number of rotatable bonds is 4. The molecular weight excluding hydrogens is 345 g/mol. The molecule has 1 amide bonds. The third-order valence-corrected chi connectivity index (χ3v) is 4.16. The predicted molar refractivity (Wildman–Crippen MR) is 91.0 cm³/mol. The van der Waals surface area contributed by atoms with E-state index in [1.807, 2.05) is 0 Å². The monoisotopic (exact) mass is 361 g/mol. The van der Waals surface area contributed by atoms with E-state index in [9.17, 15) is 4.79 Å². The fraction of sp³-hybridized carbons (Fsp3) is 0.429. The van der Waals surface area contributed by atoms with E-state index < -0.39 is 0 Å². The van der Waals surface area contributed by atoms with E-state index in [1.165, 1.54) is 0 Å². The van der Waals surface area contributed by atoms with Gasteiger partial charge < -0.3 is 10.1 Å². The summed E-state index contributed by atoms with van der Waals surface area (Å²) in [4.78, 5) is 11.8. The van der Waals surface area contributed by atoms with E-state index in [0.29, 0.717) is 21.7 Å². The molecule has 1 aliphatic heterocycles. The van der Waals surface area contributed by atoms with Crippen molar-refractivity contribution in [3.63, 3.8) is 0 Å². The van der Waals surface area contributed by atoms with Crippen molar-refractivity contribution in [1.82, 2.24) is 16.2 Å². The Morgan fingerprint density at radius 1 is 1.32 bits per heavy atom. The Balaban J connectivity index is 1.68. The Kier molecular flexibility index (Phi) is 6.70. The number of hydrazine groups is 1. The van der Waals surface area contributed by atoms with E-state index in [0.717, 1.165) is 25.0 Å². The third kappa shape index (κ3) is 5.61. The van der Waals surface area contributed by atoms with Gasteiger partial charge in [-0.25, -0.2) is 0 Å². The molecule has 0 saturated carbocycles. The smallest absolute Gasteiger partial charge is 0.242 e. The van der Waals surface area contributed by atoms with Crippen molar-refractivity contribution in [2.75, 3.05) is 13.2 Å². The molecule has 0 unspecified atom stereocenters. The van der Waals surface area contributed by atoms with Crippen molar-refractivity contribution < 1.29 is 9.53 Å². The zero-order valence-corrected chi connectivity index (χ0v) is 14.2. The van der Waals surface area contributed by atoms with Gasteiger partial charge in [-0.15, -0.1) is 0 Å². The molecule has 8 heteroatoms. The van der Waals surface area contributed by atoms with Gasteiger partial charge in [0.1, 0.15) is 0 Å². The van der Waals surface area contributed by atoms with Crippen LogP contribution in [0.3, 0.4) is 0 Å². The highest BCUT2D eigenvalue weighted by molar-refractivity contribution is 7.80. The van der Waals surface area contributed by atoms with Crippen molar-refractivity contribution in [3.05, 3.63) is 33.8 Å². The number of thiocarbonyl (C=S) groups is 1. The molecule has 0 aromatic heterocycles. The Morgan fingerprint density at radius 3 is 2.82 bits per heavy atom. The quantitative estimate of drug-likeness (QED) is 0.566. The normalized spacial score (nSPS) is 17.1. The first-order chi connectivity index (χ1) is 10.5. The number of benzene rings is 1. The van der Waals surface area contributed by atoms with Gasteiger partial charge in [-0.3, -0.25) is 15.6 Å². The molecule has 1 aromatic carbocycles. The van der Waals surface area contributed by atoms with Crippen LogP contribution in [-0.2, 0) is 16.0 Å². The number of hydrogen-bond acceptors (Lipinski definition) is 3. The van der Waals surface area contributed by atoms with Crippen molar-refractivity contribution in [2.24, 2.45) is 0 Å². The molecule has 1 aromatic rings. The molecule has 1 atom stereocenters. The van der Waals surface area contributed by atoms with Gasteiger partial charge in [0, 0.05) is 13.2 Å². The summed E-state index contributed by atoms with van der Waals surface area (Å²) in [5, 5.41) is 4.25. The first kappa shape index (κ1) is 17.3. The third-order valence-electron chi connectivity index (χ3n) is 3.18. The van der Waals surface area contributed by atoms with Crippen LogP contribution in [0.25, 0.3) is 0 Å². The summed E-state index contributed by atoms with van der Waals surface area (Å²) < 4.78 is 5.47. The lowest BCUT2D eigenvalue weighted by Gasteiger charge is -2.14. The number of carbonyl (C=O) groups excluding carboxylic acids is 1. The van der Waals surface area contributed by atoms with Crippen molar-refractivity contribution >= 4 is 46.4 Å². The van der Waals surface area contributed by atoms with Gasteiger partial charge in [-0.2, -0.15) is 0 Å². The lowest BCUT2D eigenvalue weighted by atomic mass is 10.1. The van der Waals surface area contributed by atoms with Crippen molar-refractivity contribution in [3.8, 4) is 0 Å². The molecule has 0 bridgehead atoms. The summed E-state index contributed by atoms with van der Waals surface area (Å²) in [7, 11) is 0. The predicted octanol–water partition coefficient (Wildman–Crippen LogP) is 2.21. The first-order valence-electron chi connectivity index (χ1n) is 6.93. The van der Waals surface area contributed by atoms with Gasteiger partial charge in [-0.05, 0) is 42.8 Å². The van der Waals surface area contributed by atoms with E-state index in [4.69, 9.17) is 40.2 Å². The molecule has 1 heterocycles. The summed E-state index contributed by atoms with van der Waals surface area (Å²) >= 11 is 16.8. The number of hydrogen-bond donors (Lipinski definition) is 3. The van der Waals surface area contributed by atoms with Crippen LogP contribution in [0, 0.1) is 0 Å². The van der Waals surface area contributed by atoms with Crippen molar-refractivity contribution in [1.29, 1.82) is 0 Å². The fourth-order valence-electron chi connectivity index (χ4n) is 2.06. The molecule has 1 fully saturated rings. The summed E-state index contributed by atoms with van der Waals surface area (Å²) in [6.45, 7) is 1.43. The average Bonchev–Trinajstić information content (AvgIpc) is 3.00.